The van der Waals surface area contributed by atoms with Crippen molar-refractivity contribution in [2.45, 2.75) is 58.3 Å². The molecule has 0 aliphatic heterocycles. The molecule has 1 aromatic rings. The first-order valence-electron chi connectivity index (χ1n) is 9.26. The minimum Gasteiger partial charge on any atom is -0.496 e. The van der Waals surface area contributed by atoms with Gasteiger partial charge in [0.2, 0.25) is 0 Å². The van der Waals surface area contributed by atoms with Crippen molar-refractivity contribution in [1.29, 1.82) is 0 Å². The van der Waals surface area contributed by atoms with Crippen molar-refractivity contribution in [2.75, 3.05) is 26.9 Å². The lowest BCUT2D eigenvalue weighted by atomic mass is 10.0. The van der Waals surface area contributed by atoms with Crippen LogP contribution in [0, 0.1) is 0 Å². The Morgan fingerprint density at radius 2 is 1.80 bits per heavy atom. The zero-order chi connectivity index (χ0) is 18.3. The zero-order valence-corrected chi connectivity index (χ0v) is 15.6. The minimum absolute atomic E-state index is 0.278. The Bertz CT molecular complexity index is 487. The first-order valence-corrected chi connectivity index (χ1v) is 9.26. The van der Waals surface area contributed by atoms with Gasteiger partial charge in [-0.1, -0.05) is 25.3 Å². The summed E-state index contributed by atoms with van der Waals surface area (Å²) in [4.78, 5) is 10.5. The maximum atomic E-state index is 10.5. The highest BCUT2D eigenvalue weighted by atomic mass is 16.5. The van der Waals surface area contributed by atoms with Crippen molar-refractivity contribution < 1.29 is 24.1 Å². The molecule has 0 spiro atoms. The van der Waals surface area contributed by atoms with Crippen LogP contribution in [0.15, 0.2) is 18.2 Å². The Balaban J connectivity index is 2.28. The van der Waals surface area contributed by atoms with Crippen LogP contribution in [0.5, 0.6) is 11.5 Å². The maximum absolute atomic E-state index is 10.5. The molecule has 0 bridgehead atoms. The predicted octanol–water partition coefficient (Wildman–Crippen LogP) is 4.47. The molecule has 25 heavy (non-hydrogen) atoms. The van der Waals surface area contributed by atoms with E-state index in [1.807, 2.05) is 19.1 Å². The number of hydrogen-bond acceptors (Lipinski definition) is 4. The highest BCUT2D eigenvalue weighted by Crippen LogP contribution is 2.26. The third-order valence-corrected chi connectivity index (χ3v) is 4.00. The number of rotatable bonds is 15. The lowest BCUT2D eigenvalue weighted by Gasteiger charge is -2.12. The fraction of sp³-hybridized carbons (Fsp3) is 0.650. The number of aryl methyl sites for hydroxylation is 1. The van der Waals surface area contributed by atoms with Crippen LogP contribution in [0.2, 0.25) is 0 Å². The summed E-state index contributed by atoms with van der Waals surface area (Å²) in [6.45, 7) is 4.08. The van der Waals surface area contributed by atoms with Gasteiger partial charge in [0, 0.05) is 32.1 Å². The van der Waals surface area contributed by atoms with Crippen molar-refractivity contribution in [1.82, 2.24) is 0 Å². The summed E-state index contributed by atoms with van der Waals surface area (Å²) >= 11 is 0. The number of benzene rings is 1. The van der Waals surface area contributed by atoms with Gasteiger partial charge in [0.25, 0.3) is 0 Å². The molecule has 0 amide bonds. The first-order chi connectivity index (χ1) is 12.2. The van der Waals surface area contributed by atoms with Crippen LogP contribution in [0.3, 0.4) is 0 Å². The number of ether oxygens (including phenoxy) is 3. The number of carboxylic acid groups (broad SMARTS) is 1. The molecule has 0 aliphatic carbocycles. The number of carbonyl (C=O) groups is 1. The molecule has 0 aromatic heterocycles. The van der Waals surface area contributed by atoms with Gasteiger partial charge in [-0.2, -0.15) is 0 Å². The third-order valence-electron chi connectivity index (χ3n) is 4.00. The van der Waals surface area contributed by atoms with E-state index in [9.17, 15) is 4.79 Å². The van der Waals surface area contributed by atoms with E-state index in [-0.39, 0.29) is 6.42 Å². The molecule has 0 fully saturated rings. The van der Waals surface area contributed by atoms with E-state index in [0.29, 0.717) is 6.61 Å². The predicted molar refractivity (Wildman–Crippen MR) is 98.6 cm³/mol. The molecule has 0 saturated heterocycles. The van der Waals surface area contributed by atoms with Crippen LogP contribution >= 0.6 is 0 Å². The van der Waals surface area contributed by atoms with Gasteiger partial charge in [0.1, 0.15) is 11.5 Å². The van der Waals surface area contributed by atoms with E-state index in [4.69, 9.17) is 19.3 Å². The molecule has 142 valence electrons. The van der Waals surface area contributed by atoms with Gasteiger partial charge < -0.3 is 19.3 Å². The number of hydrogen-bond donors (Lipinski definition) is 1. The zero-order valence-electron chi connectivity index (χ0n) is 15.6. The molecule has 0 saturated carbocycles. The summed E-state index contributed by atoms with van der Waals surface area (Å²) in [5, 5.41) is 8.61. The summed E-state index contributed by atoms with van der Waals surface area (Å²) in [5.74, 6) is 0.990. The van der Waals surface area contributed by atoms with Crippen molar-refractivity contribution in [3.63, 3.8) is 0 Å². The van der Waals surface area contributed by atoms with Gasteiger partial charge >= 0.3 is 5.97 Å². The number of unbranched alkanes of at least 4 members (excludes halogenated alkanes) is 4. The van der Waals surface area contributed by atoms with Crippen molar-refractivity contribution in [3.05, 3.63) is 23.8 Å². The fourth-order valence-electron chi connectivity index (χ4n) is 2.64. The highest BCUT2D eigenvalue weighted by molar-refractivity contribution is 5.66. The monoisotopic (exact) mass is 352 g/mol. The second kappa shape index (κ2) is 13.5. The van der Waals surface area contributed by atoms with E-state index in [1.165, 1.54) is 5.56 Å². The second-order valence-electron chi connectivity index (χ2n) is 6.03. The summed E-state index contributed by atoms with van der Waals surface area (Å²) in [6, 6.07) is 6.01. The van der Waals surface area contributed by atoms with E-state index in [2.05, 4.69) is 6.07 Å². The summed E-state index contributed by atoms with van der Waals surface area (Å²) in [7, 11) is 1.68. The molecule has 5 heteroatoms. The van der Waals surface area contributed by atoms with Crippen LogP contribution in [0.1, 0.15) is 57.4 Å². The molecule has 0 aliphatic rings. The summed E-state index contributed by atoms with van der Waals surface area (Å²) < 4.78 is 16.5. The maximum Gasteiger partial charge on any atom is 0.303 e. The van der Waals surface area contributed by atoms with Gasteiger partial charge in [-0.15, -0.1) is 0 Å². The van der Waals surface area contributed by atoms with Crippen molar-refractivity contribution in [2.24, 2.45) is 0 Å². The average molecular weight is 352 g/mol. The van der Waals surface area contributed by atoms with E-state index < -0.39 is 5.97 Å². The quantitative estimate of drug-likeness (QED) is 0.472. The average Bonchev–Trinajstić information content (AvgIpc) is 2.61. The largest absolute Gasteiger partial charge is 0.496 e. The SMILES string of the molecule is CCOCCCOc1ccc(CCCCCCCC(=O)O)c(OC)c1. The first kappa shape index (κ1) is 21.3. The van der Waals surface area contributed by atoms with Crippen LogP contribution in [0.4, 0.5) is 0 Å². The summed E-state index contributed by atoms with van der Waals surface area (Å²) in [6.07, 6.45) is 7.14. The van der Waals surface area contributed by atoms with Gasteiger partial charge in [-0.05, 0) is 37.8 Å². The molecule has 0 heterocycles. The number of aliphatic carboxylic acids is 1. The molecule has 1 aromatic carbocycles. The topological polar surface area (TPSA) is 65.0 Å². The molecular weight excluding hydrogens is 320 g/mol. The lowest BCUT2D eigenvalue weighted by molar-refractivity contribution is -0.137. The van der Waals surface area contributed by atoms with Crippen LogP contribution in [0.25, 0.3) is 0 Å². The normalized spacial score (nSPS) is 10.6. The van der Waals surface area contributed by atoms with Crippen LogP contribution in [-0.2, 0) is 16.0 Å². The summed E-state index contributed by atoms with van der Waals surface area (Å²) in [5.41, 5.74) is 1.19. The molecule has 1 N–H and O–H groups in total. The molecular formula is C20H32O5. The standard InChI is InChI=1S/C20H32O5/c1-3-24-14-9-15-25-18-13-12-17(19(16-18)23-2)10-7-5-4-6-8-11-20(21)22/h12-13,16H,3-11,14-15H2,1-2H3,(H,21,22). The van der Waals surface area contributed by atoms with Gasteiger partial charge in [0.05, 0.1) is 13.7 Å². The van der Waals surface area contributed by atoms with E-state index in [0.717, 1.165) is 69.7 Å². The minimum atomic E-state index is -0.704. The Morgan fingerprint density at radius 3 is 2.52 bits per heavy atom. The Labute approximate surface area is 151 Å². The lowest BCUT2D eigenvalue weighted by Crippen LogP contribution is -2.03. The highest BCUT2D eigenvalue weighted by Gasteiger charge is 2.06. The van der Waals surface area contributed by atoms with Crippen molar-refractivity contribution in [3.8, 4) is 11.5 Å². The third kappa shape index (κ3) is 9.97. The number of carboxylic acids is 1. The van der Waals surface area contributed by atoms with Crippen LogP contribution in [-0.4, -0.2) is 38.0 Å². The number of methoxy groups -OCH3 is 1. The second-order valence-corrected chi connectivity index (χ2v) is 6.03. The van der Waals surface area contributed by atoms with Gasteiger partial charge in [0.15, 0.2) is 0 Å². The Hall–Kier alpha value is -1.75. The van der Waals surface area contributed by atoms with E-state index in [1.54, 1.807) is 7.11 Å². The Morgan fingerprint density at radius 1 is 1.04 bits per heavy atom. The molecule has 0 radical (unpaired) electrons. The Kier molecular flexibility index (Phi) is 11.5. The van der Waals surface area contributed by atoms with E-state index >= 15 is 0 Å². The van der Waals surface area contributed by atoms with Crippen LogP contribution < -0.4 is 9.47 Å². The van der Waals surface area contributed by atoms with Gasteiger partial charge in [-0.3, -0.25) is 4.79 Å². The van der Waals surface area contributed by atoms with Gasteiger partial charge in [-0.25, -0.2) is 0 Å². The molecule has 0 atom stereocenters. The fourth-order valence-corrected chi connectivity index (χ4v) is 2.64. The smallest absolute Gasteiger partial charge is 0.303 e. The van der Waals surface area contributed by atoms with Crippen molar-refractivity contribution >= 4 is 5.97 Å². The molecule has 0 unspecified atom stereocenters. The molecule has 5 nitrogen and oxygen atoms in total. The molecule has 1 rings (SSSR count).